The summed E-state index contributed by atoms with van der Waals surface area (Å²) in [6.07, 6.45) is 3.74. The molecule has 4 heterocycles. The second-order valence-electron chi connectivity index (χ2n) is 10.8. The minimum Gasteiger partial charge on any atom is -0.350 e. The molecule has 0 bridgehead atoms. The molecule has 0 saturated carbocycles. The molecule has 0 fully saturated rings. The van der Waals surface area contributed by atoms with Crippen molar-refractivity contribution >= 4 is 45.8 Å². The molecule has 7 nitrogen and oxygen atoms in total. The summed E-state index contributed by atoms with van der Waals surface area (Å²) in [6.45, 7) is 0. The lowest BCUT2D eigenvalue weighted by Gasteiger charge is -2.28. The quantitative estimate of drug-likeness (QED) is 0.204. The number of carbonyl (C=O) groups is 1. The summed E-state index contributed by atoms with van der Waals surface area (Å²) in [5, 5.41) is 9.82. The van der Waals surface area contributed by atoms with E-state index in [1.165, 1.54) is 0 Å². The Morgan fingerprint density at radius 3 is 2.32 bits per heavy atom. The Bertz CT molecular complexity index is 2200. The smallest absolute Gasteiger partial charge is 0.274 e. The summed E-state index contributed by atoms with van der Waals surface area (Å²) in [4.78, 5) is 22.6. The first-order valence-corrected chi connectivity index (χ1v) is 14.9. The van der Waals surface area contributed by atoms with Crippen molar-refractivity contribution in [3.05, 3.63) is 136 Å². The van der Waals surface area contributed by atoms with E-state index in [1.807, 2.05) is 117 Å². The van der Waals surface area contributed by atoms with Crippen molar-refractivity contribution in [2.75, 3.05) is 5.32 Å². The number of imidazole rings is 1. The summed E-state index contributed by atoms with van der Waals surface area (Å²) < 4.78 is 3.82. The minimum atomic E-state index is -0.314. The summed E-state index contributed by atoms with van der Waals surface area (Å²) in [7, 11) is 1.84. The number of amides is 1. The Balaban J connectivity index is 1.36. The van der Waals surface area contributed by atoms with Crippen LogP contribution in [0.25, 0.3) is 44.5 Å². The highest BCUT2D eigenvalue weighted by atomic mass is 35.5. The van der Waals surface area contributed by atoms with E-state index in [2.05, 4.69) is 20.0 Å². The van der Waals surface area contributed by atoms with E-state index < -0.39 is 0 Å². The van der Waals surface area contributed by atoms with Crippen LogP contribution in [0.3, 0.4) is 0 Å². The van der Waals surface area contributed by atoms with Gasteiger partial charge in [0.1, 0.15) is 5.69 Å². The van der Waals surface area contributed by atoms with Gasteiger partial charge in [0.15, 0.2) is 5.82 Å². The molecule has 214 valence electrons. The van der Waals surface area contributed by atoms with E-state index in [0.717, 1.165) is 55.7 Å². The predicted octanol–water partition coefficient (Wildman–Crippen LogP) is 8.61. The number of rotatable bonds is 5. The number of benzene rings is 4. The first-order valence-electron chi connectivity index (χ1n) is 14.1. The molecular formula is C35H24Cl2N6O. The van der Waals surface area contributed by atoms with E-state index in [4.69, 9.17) is 28.2 Å². The molecule has 1 unspecified atom stereocenters. The Labute approximate surface area is 262 Å². The first-order chi connectivity index (χ1) is 21.5. The van der Waals surface area contributed by atoms with E-state index in [1.54, 1.807) is 4.68 Å². The van der Waals surface area contributed by atoms with Crippen LogP contribution in [0, 0.1) is 0 Å². The number of fused-ring (bicyclic) bond motifs is 2. The zero-order chi connectivity index (χ0) is 29.9. The van der Waals surface area contributed by atoms with Gasteiger partial charge in [-0.25, -0.2) is 4.98 Å². The molecule has 0 aliphatic carbocycles. The van der Waals surface area contributed by atoms with Crippen LogP contribution >= 0.6 is 23.2 Å². The number of carbonyl (C=O) groups excluding carboxylic acids is 1. The van der Waals surface area contributed by atoms with Gasteiger partial charge < -0.3 is 14.9 Å². The Morgan fingerprint density at radius 2 is 1.59 bits per heavy atom. The maximum absolute atomic E-state index is 14.3. The molecule has 1 aliphatic heterocycles. The zero-order valence-corrected chi connectivity index (χ0v) is 24.9. The summed E-state index contributed by atoms with van der Waals surface area (Å²) in [5.41, 5.74) is 8.28. The zero-order valence-electron chi connectivity index (χ0n) is 23.4. The summed E-state index contributed by atoms with van der Waals surface area (Å²) in [6, 6.07) is 31.3. The lowest BCUT2D eigenvalue weighted by atomic mass is 9.88. The number of aryl methyl sites for hydroxylation is 1. The molecule has 3 aromatic heterocycles. The van der Waals surface area contributed by atoms with Crippen LogP contribution in [-0.2, 0) is 7.05 Å². The number of anilines is 1. The van der Waals surface area contributed by atoms with Crippen LogP contribution in [0.4, 0.5) is 5.82 Å². The van der Waals surface area contributed by atoms with Gasteiger partial charge in [-0.05, 0) is 41.0 Å². The van der Waals surface area contributed by atoms with Gasteiger partial charge in [-0.3, -0.25) is 9.48 Å². The molecular weight excluding hydrogens is 591 g/mol. The molecule has 44 heavy (non-hydrogen) atoms. The molecule has 0 saturated heterocycles. The van der Waals surface area contributed by atoms with Gasteiger partial charge in [-0.1, -0.05) is 96.0 Å². The molecule has 0 spiro atoms. The van der Waals surface area contributed by atoms with Gasteiger partial charge in [-0.2, -0.15) is 5.10 Å². The number of nitrogens with zero attached hydrogens (tertiary/aromatic N) is 4. The van der Waals surface area contributed by atoms with Crippen molar-refractivity contribution in [1.29, 1.82) is 0 Å². The van der Waals surface area contributed by atoms with Gasteiger partial charge in [0.05, 0.1) is 23.8 Å². The monoisotopic (exact) mass is 614 g/mol. The predicted molar refractivity (Wildman–Crippen MR) is 175 cm³/mol. The number of aromatic amines is 1. The highest BCUT2D eigenvalue weighted by molar-refractivity contribution is 6.32. The Kier molecular flexibility index (Phi) is 6.18. The third-order valence-electron chi connectivity index (χ3n) is 8.10. The molecule has 9 heteroatoms. The second-order valence-corrected chi connectivity index (χ2v) is 11.7. The van der Waals surface area contributed by atoms with E-state index in [0.29, 0.717) is 21.6 Å². The van der Waals surface area contributed by atoms with Crippen molar-refractivity contribution < 1.29 is 4.79 Å². The fraction of sp³-hybridized carbons (Fsp3) is 0.0571. The van der Waals surface area contributed by atoms with Crippen molar-refractivity contribution in [1.82, 2.24) is 24.3 Å². The second kappa shape index (κ2) is 10.3. The summed E-state index contributed by atoms with van der Waals surface area (Å²) in [5.74, 6) is 0.158. The lowest BCUT2D eigenvalue weighted by molar-refractivity contribution is 0.102. The van der Waals surface area contributed by atoms with E-state index in [9.17, 15) is 4.79 Å². The van der Waals surface area contributed by atoms with Crippen LogP contribution in [0.1, 0.15) is 27.7 Å². The van der Waals surface area contributed by atoms with Crippen LogP contribution < -0.4 is 5.32 Å². The van der Waals surface area contributed by atoms with E-state index >= 15 is 0 Å². The third-order valence-corrected chi connectivity index (χ3v) is 8.57. The fourth-order valence-corrected chi connectivity index (χ4v) is 6.63. The molecule has 2 N–H and O–H groups in total. The molecule has 1 atom stereocenters. The van der Waals surface area contributed by atoms with Crippen LogP contribution in [0.2, 0.25) is 10.0 Å². The Morgan fingerprint density at radius 1 is 0.886 bits per heavy atom. The lowest BCUT2D eigenvalue weighted by Crippen LogP contribution is -2.19. The molecule has 4 aromatic carbocycles. The first kappa shape index (κ1) is 26.5. The van der Waals surface area contributed by atoms with Crippen LogP contribution in [0.5, 0.6) is 0 Å². The molecule has 0 radical (unpaired) electrons. The van der Waals surface area contributed by atoms with Crippen molar-refractivity contribution in [3.8, 4) is 33.6 Å². The molecule has 7 aromatic rings. The van der Waals surface area contributed by atoms with Crippen molar-refractivity contribution in [3.63, 3.8) is 0 Å². The number of aromatic nitrogens is 5. The fourth-order valence-electron chi connectivity index (χ4n) is 6.28. The average Bonchev–Trinajstić information content (AvgIpc) is 3.74. The summed E-state index contributed by atoms with van der Waals surface area (Å²) >= 11 is 13.0. The molecule has 8 rings (SSSR count). The number of halogens is 2. The van der Waals surface area contributed by atoms with Crippen molar-refractivity contribution in [2.24, 2.45) is 7.05 Å². The van der Waals surface area contributed by atoms with Gasteiger partial charge in [0.25, 0.3) is 5.91 Å². The van der Waals surface area contributed by atoms with Crippen LogP contribution in [-0.4, -0.2) is 30.2 Å². The highest BCUT2D eigenvalue weighted by Crippen LogP contribution is 2.49. The number of hydrogen-bond donors (Lipinski definition) is 2. The largest absolute Gasteiger partial charge is 0.350 e. The van der Waals surface area contributed by atoms with Gasteiger partial charge in [0.2, 0.25) is 0 Å². The van der Waals surface area contributed by atoms with Crippen LogP contribution in [0.15, 0.2) is 110 Å². The number of hydrogen-bond acceptors (Lipinski definition) is 3. The SMILES string of the molecule is Cn1cc(-c2ccccc2)c(NC(=O)c2[nH]c3cc(Cl)cc4c3c2-c2c(-c3ccccc3)ncn2C4c2ccc(Cl)cc2)n1. The molecule has 1 amide bonds. The molecule has 1 aliphatic rings. The maximum atomic E-state index is 14.3. The topological polar surface area (TPSA) is 80.5 Å². The van der Waals surface area contributed by atoms with Gasteiger partial charge in [0, 0.05) is 50.9 Å². The Hall–Kier alpha value is -5.11. The van der Waals surface area contributed by atoms with E-state index in [-0.39, 0.29) is 11.9 Å². The number of H-pyrrole nitrogens is 1. The maximum Gasteiger partial charge on any atom is 0.274 e. The third kappa shape index (κ3) is 4.24. The van der Waals surface area contributed by atoms with Crippen molar-refractivity contribution in [2.45, 2.75) is 6.04 Å². The standard InChI is InChI=1S/C35H24Cl2N6O/c1-42-18-26(20-8-4-2-5-9-20)34(41-42)40-35(44)31-29-28-25(16-24(37)17-27(28)39-31)32(22-12-14-23(36)15-13-22)43-19-38-30(33(29)43)21-10-6-3-7-11-21/h2-19,32,39H,1H3,(H,40,41,44). The minimum absolute atomic E-state index is 0.242. The number of nitrogens with one attached hydrogen (secondary N) is 2. The normalized spacial score (nSPS) is 13.7. The average molecular weight is 616 g/mol. The van der Waals surface area contributed by atoms with Gasteiger partial charge >= 0.3 is 0 Å². The van der Waals surface area contributed by atoms with Gasteiger partial charge in [-0.15, -0.1) is 0 Å². The highest BCUT2D eigenvalue weighted by Gasteiger charge is 2.36.